The van der Waals surface area contributed by atoms with Crippen LogP contribution < -0.4 is 4.90 Å². The second-order valence-corrected chi connectivity index (χ2v) is 8.54. The summed E-state index contributed by atoms with van der Waals surface area (Å²) in [6.07, 6.45) is -0.0653. The number of carbonyl (C=O) groups excluding carboxylic acids is 2. The molecule has 2 heterocycles. The first kappa shape index (κ1) is 20.6. The maximum Gasteiger partial charge on any atom is 0.282 e. The molecule has 2 atom stereocenters. The number of aryl methyl sites for hydroxylation is 2. The van der Waals surface area contributed by atoms with Crippen LogP contribution in [-0.4, -0.2) is 42.0 Å². The van der Waals surface area contributed by atoms with Gasteiger partial charge in [-0.15, -0.1) is 0 Å². The Morgan fingerprint density at radius 1 is 0.900 bits per heavy atom. The van der Waals surface area contributed by atoms with Crippen molar-refractivity contribution in [1.29, 1.82) is 0 Å². The number of carbonyl (C=O) groups is 2. The molecule has 0 aliphatic carbocycles. The first-order chi connectivity index (χ1) is 14.3. The van der Waals surface area contributed by atoms with Crippen LogP contribution in [0.4, 0.5) is 5.69 Å². The molecule has 0 aromatic heterocycles. The number of hydrogen-bond donors (Lipinski definition) is 0. The summed E-state index contributed by atoms with van der Waals surface area (Å²) in [5, 5.41) is 0.552. The molecule has 156 valence electrons. The Kier molecular flexibility index (Phi) is 5.43. The quantitative estimate of drug-likeness (QED) is 0.687. The summed E-state index contributed by atoms with van der Waals surface area (Å²) >= 11 is 6.01. The molecule has 6 heteroatoms. The molecule has 2 unspecified atom stereocenters. The Bertz CT molecular complexity index is 1030. The van der Waals surface area contributed by atoms with Crippen molar-refractivity contribution in [2.45, 2.75) is 39.9 Å². The van der Waals surface area contributed by atoms with E-state index in [9.17, 15) is 9.59 Å². The largest absolute Gasteiger partial charge is 0.372 e. The summed E-state index contributed by atoms with van der Waals surface area (Å²) < 4.78 is 5.85. The Morgan fingerprint density at radius 2 is 1.53 bits per heavy atom. The summed E-state index contributed by atoms with van der Waals surface area (Å²) in [6, 6.07) is 12.7. The van der Waals surface area contributed by atoms with Gasteiger partial charge < -0.3 is 9.64 Å². The SMILES string of the molecule is Cc1ccc(C2=C(N3CC(C)OC(C)C3)C(=O)N(c3ccc(Cl)cc3)C2=O)cc1C. The van der Waals surface area contributed by atoms with E-state index in [0.717, 1.165) is 16.7 Å². The predicted molar refractivity (Wildman–Crippen MR) is 118 cm³/mol. The molecule has 4 rings (SSSR count). The zero-order valence-corrected chi connectivity index (χ0v) is 18.4. The number of rotatable bonds is 3. The molecule has 0 radical (unpaired) electrons. The molecular weight excluding hydrogens is 400 g/mol. The van der Waals surface area contributed by atoms with E-state index < -0.39 is 0 Å². The second kappa shape index (κ2) is 7.89. The number of morpholine rings is 1. The van der Waals surface area contributed by atoms with Crippen LogP contribution in [0.2, 0.25) is 5.02 Å². The van der Waals surface area contributed by atoms with Crippen molar-refractivity contribution in [3.8, 4) is 0 Å². The Hall–Kier alpha value is -2.63. The van der Waals surface area contributed by atoms with E-state index in [4.69, 9.17) is 16.3 Å². The monoisotopic (exact) mass is 424 g/mol. The number of anilines is 1. The minimum Gasteiger partial charge on any atom is -0.372 e. The maximum absolute atomic E-state index is 13.6. The topological polar surface area (TPSA) is 49.9 Å². The van der Waals surface area contributed by atoms with E-state index in [-0.39, 0.29) is 24.0 Å². The van der Waals surface area contributed by atoms with Gasteiger partial charge in [-0.2, -0.15) is 0 Å². The molecule has 30 heavy (non-hydrogen) atoms. The summed E-state index contributed by atoms with van der Waals surface area (Å²) in [5.41, 5.74) is 4.38. The second-order valence-electron chi connectivity index (χ2n) is 8.11. The van der Waals surface area contributed by atoms with Crippen molar-refractivity contribution in [3.63, 3.8) is 0 Å². The van der Waals surface area contributed by atoms with Gasteiger partial charge in [-0.25, -0.2) is 4.90 Å². The lowest BCUT2D eigenvalue weighted by atomic mass is 9.99. The molecule has 5 nitrogen and oxygen atoms in total. The molecule has 0 spiro atoms. The fourth-order valence-electron chi connectivity index (χ4n) is 4.15. The van der Waals surface area contributed by atoms with Crippen LogP contribution in [0.15, 0.2) is 48.2 Å². The highest BCUT2D eigenvalue weighted by molar-refractivity contribution is 6.45. The molecule has 0 N–H and O–H groups in total. The molecular formula is C24H25ClN2O3. The van der Waals surface area contributed by atoms with Crippen LogP contribution in [0.1, 0.15) is 30.5 Å². The fraction of sp³-hybridized carbons (Fsp3) is 0.333. The van der Waals surface area contributed by atoms with Gasteiger partial charge in [0.25, 0.3) is 11.8 Å². The smallest absolute Gasteiger partial charge is 0.282 e. The number of benzene rings is 2. The normalized spacial score (nSPS) is 22.3. The summed E-state index contributed by atoms with van der Waals surface area (Å²) in [7, 11) is 0. The minimum absolute atomic E-state index is 0.0327. The van der Waals surface area contributed by atoms with Gasteiger partial charge in [0.15, 0.2) is 0 Å². The average Bonchev–Trinajstić information content (AvgIpc) is 2.94. The van der Waals surface area contributed by atoms with E-state index in [1.54, 1.807) is 24.3 Å². The molecule has 2 aliphatic heterocycles. The molecule has 0 saturated carbocycles. The highest BCUT2D eigenvalue weighted by Gasteiger charge is 2.43. The van der Waals surface area contributed by atoms with Crippen LogP contribution in [0, 0.1) is 13.8 Å². The molecule has 2 aromatic rings. The van der Waals surface area contributed by atoms with E-state index in [1.807, 2.05) is 50.8 Å². The standard InChI is InChI=1S/C24H25ClN2O3/c1-14-5-6-18(11-15(14)2)21-22(26-12-16(3)30-17(4)13-26)24(29)27(23(21)28)20-9-7-19(25)8-10-20/h5-11,16-17H,12-13H2,1-4H3. The zero-order chi connectivity index (χ0) is 21.6. The van der Waals surface area contributed by atoms with E-state index in [2.05, 4.69) is 0 Å². The third-order valence-corrected chi connectivity index (χ3v) is 5.93. The van der Waals surface area contributed by atoms with Gasteiger partial charge in [0.05, 0.1) is 23.5 Å². The van der Waals surface area contributed by atoms with Crippen LogP contribution in [-0.2, 0) is 14.3 Å². The van der Waals surface area contributed by atoms with E-state index >= 15 is 0 Å². The van der Waals surface area contributed by atoms with Crippen LogP contribution in [0.3, 0.4) is 0 Å². The first-order valence-corrected chi connectivity index (χ1v) is 10.5. The van der Waals surface area contributed by atoms with E-state index in [0.29, 0.717) is 35.1 Å². The highest BCUT2D eigenvalue weighted by atomic mass is 35.5. The molecule has 1 fully saturated rings. The zero-order valence-electron chi connectivity index (χ0n) is 17.6. The number of imide groups is 1. The van der Waals surface area contributed by atoms with Crippen LogP contribution in [0.5, 0.6) is 0 Å². The summed E-state index contributed by atoms with van der Waals surface area (Å²) in [6.45, 7) is 9.12. The van der Waals surface area contributed by atoms with Gasteiger partial charge in [-0.1, -0.05) is 29.8 Å². The first-order valence-electron chi connectivity index (χ1n) is 10.1. The molecule has 0 bridgehead atoms. The van der Waals surface area contributed by atoms with Gasteiger partial charge in [0, 0.05) is 18.1 Å². The lowest BCUT2D eigenvalue weighted by molar-refractivity contribution is -0.121. The van der Waals surface area contributed by atoms with Crippen molar-refractivity contribution in [2.75, 3.05) is 18.0 Å². The Labute approximate surface area is 181 Å². The van der Waals surface area contributed by atoms with Crippen molar-refractivity contribution in [3.05, 3.63) is 69.9 Å². The Balaban J connectivity index is 1.85. The molecule has 2 amide bonds. The van der Waals surface area contributed by atoms with Crippen molar-refractivity contribution >= 4 is 34.7 Å². The van der Waals surface area contributed by atoms with Crippen molar-refractivity contribution in [2.24, 2.45) is 0 Å². The van der Waals surface area contributed by atoms with Crippen LogP contribution in [0.25, 0.3) is 5.57 Å². The minimum atomic E-state index is -0.313. The van der Waals surface area contributed by atoms with Gasteiger partial charge in [0.1, 0.15) is 5.70 Å². The van der Waals surface area contributed by atoms with E-state index in [1.165, 1.54) is 4.90 Å². The fourth-order valence-corrected chi connectivity index (χ4v) is 4.28. The van der Waals surface area contributed by atoms with Gasteiger partial charge in [-0.05, 0) is 68.7 Å². The predicted octanol–water partition coefficient (Wildman–Crippen LogP) is 4.35. The lowest BCUT2D eigenvalue weighted by Gasteiger charge is -2.37. The van der Waals surface area contributed by atoms with Crippen molar-refractivity contribution in [1.82, 2.24) is 4.90 Å². The van der Waals surface area contributed by atoms with Crippen LogP contribution >= 0.6 is 11.6 Å². The number of halogens is 1. The third kappa shape index (κ3) is 3.64. The number of nitrogens with zero attached hydrogens (tertiary/aromatic N) is 2. The van der Waals surface area contributed by atoms with Gasteiger partial charge in [0.2, 0.25) is 0 Å². The third-order valence-electron chi connectivity index (χ3n) is 5.68. The lowest BCUT2D eigenvalue weighted by Crippen LogP contribution is -2.47. The summed E-state index contributed by atoms with van der Waals surface area (Å²) in [4.78, 5) is 30.4. The highest BCUT2D eigenvalue weighted by Crippen LogP contribution is 2.36. The molecule has 2 aliphatic rings. The molecule has 2 aromatic carbocycles. The van der Waals surface area contributed by atoms with Crippen molar-refractivity contribution < 1.29 is 14.3 Å². The average molecular weight is 425 g/mol. The number of ether oxygens (including phenoxy) is 1. The number of amides is 2. The Morgan fingerprint density at radius 3 is 2.13 bits per heavy atom. The number of hydrogen-bond acceptors (Lipinski definition) is 4. The maximum atomic E-state index is 13.6. The van der Waals surface area contributed by atoms with Gasteiger partial charge >= 0.3 is 0 Å². The summed E-state index contributed by atoms with van der Waals surface area (Å²) in [5.74, 6) is -0.621. The van der Waals surface area contributed by atoms with Gasteiger partial charge in [-0.3, -0.25) is 9.59 Å². The molecule has 1 saturated heterocycles.